The summed E-state index contributed by atoms with van der Waals surface area (Å²) >= 11 is 0. The van der Waals surface area contributed by atoms with Crippen LogP contribution in [0.15, 0.2) is 12.2 Å². The fraction of sp³-hybridized carbons (Fsp3) is 0.769. The zero-order valence-electron chi connectivity index (χ0n) is 14.3. The molecule has 1 atom stereocenters. The Bertz CT molecular complexity index is 341. The van der Waals surface area contributed by atoms with Crippen LogP contribution in [-0.4, -0.2) is 65.6 Å². The molecule has 0 radical (unpaired) electrons. The van der Waals surface area contributed by atoms with Crippen molar-refractivity contribution in [3.8, 4) is 0 Å². The number of ether oxygens (including phenoxy) is 2. The number of rotatable bonds is 9. The predicted molar refractivity (Wildman–Crippen MR) is 87.4 cm³/mol. The quantitative estimate of drug-likeness (QED) is 0.195. The summed E-state index contributed by atoms with van der Waals surface area (Å²) in [7, 11) is 1.14. The van der Waals surface area contributed by atoms with Crippen LogP contribution in [0.3, 0.4) is 0 Å². The molecule has 0 bridgehead atoms. The van der Waals surface area contributed by atoms with E-state index in [0.717, 1.165) is 6.61 Å². The summed E-state index contributed by atoms with van der Waals surface area (Å²) in [6.07, 6.45) is 0.258. The van der Waals surface area contributed by atoms with E-state index in [1.165, 1.54) is 0 Å². The van der Waals surface area contributed by atoms with E-state index in [1.807, 2.05) is 13.8 Å². The molecule has 0 N–H and O–H groups in total. The molecule has 0 aromatic carbocycles. The Labute approximate surface area is 136 Å². The molecule has 1 heterocycles. The maximum absolute atomic E-state index is 10.2. The SMILES string of the molecule is C=C(C)C(=O)O[SiH3].CO[Si](OC)(OCOCC1CO1)C(C)C. The van der Waals surface area contributed by atoms with Crippen LogP contribution in [0.2, 0.25) is 5.54 Å². The van der Waals surface area contributed by atoms with E-state index in [1.54, 1.807) is 21.1 Å². The Kier molecular flexibility index (Phi) is 10.8. The smallest absolute Gasteiger partial charge is 0.504 e. The van der Waals surface area contributed by atoms with Gasteiger partial charge in [-0.05, 0) is 6.92 Å². The summed E-state index contributed by atoms with van der Waals surface area (Å²) in [6.45, 7) is 10.6. The first-order valence-corrected chi connectivity index (χ1v) is 9.62. The number of carbonyl (C=O) groups is 1. The van der Waals surface area contributed by atoms with Crippen LogP contribution in [0.25, 0.3) is 0 Å². The highest BCUT2D eigenvalue weighted by Gasteiger charge is 2.43. The van der Waals surface area contributed by atoms with E-state index >= 15 is 0 Å². The van der Waals surface area contributed by atoms with Crippen LogP contribution < -0.4 is 0 Å². The standard InChI is InChI=1S/C9H20O5Si.C4H8O2Si/c1-8(2)15(10-3,11-4)14-7-12-5-9-6-13-9;1-3(2)4(5)6-7/h8-9H,5-7H2,1-4H3;1H2,2,7H3. The Morgan fingerprint density at radius 2 is 1.95 bits per heavy atom. The summed E-state index contributed by atoms with van der Waals surface area (Å²) in [6, 6.07) is 0. The van der Waals surface area contributed by atoms with Crippen molar-refractivity contribution in [2.24, 2.45) is 0 Å². The summed E-state index contributed by atoms with van der Waals surface area (Å²) in [5.41, 5.74) is 0.684. The van der Waals surface area contributed by atoms with Gasteiger partial charge in [-0.25, -0.2) is 4.79 Å². The number of hydrogen-bond donors (Lipinski definition) is 0. The largest absolute Gasteiger partial charge is 0.526 e. The average Bonchev–Trinajstić information content (AvgIpc) is 3.31. The van der Waals surface area contributed by atoms with Crippen molar-refractivity contribution >= 4 is 25.3 Å². The van der Waals surface area contributed by atoms with E-state index in [-0.39, 0.29) is 24.4 Å². The van der Waals surface area contributed by atoms with Gasteiger partial charge in [0.2, 0.25) is 10.5 Å². The molecule has 9 heteroatoms. The maximum Gasteiger partial charge on any atom is 0.504 e. The van der Waals surface area contributed by atoms with E-state index in [9.17, 15) is 4.79 Å². The second kappa shape index (κ2) is 11.1. The number of hydrogen-bond acceptors (Lipinski definition) is 7. The van der Waals surface area contributed by atoms with Crippen molar-refractivity contribution < 1.29 is 32.0 Å². The fourth-order valence-corrected chi connectivity index (χ4v) is 3.76. The molecular weight excluding hydrogens is 324 g/mol. The van der Waals surface area contributed by atoms with Crippen molar-refractivity contribution in [3.63, 3.8) is 0 Å². The minimum absolute atomic E-state index is 0.200. The lowest BCUT2D eigenvalue weighted by molar-refractivity contribution is -0.129. The average molecular weight is 353 g/mol. The first-order valence-electron chi connectivity index (χ1n) is 7.00. The van der Waals surface area contributed by atoms with Crippen LogP contribution in [-0.2, 0) is 32.0 Å². The van der Waals surface area contributed by atoms with Crippen LogP contribution in [0, 0.1) is 0 Å². The lowest BCUT2D eigenvalue weighted by atomic mass is 10.4. The van der Waals surface area contributed by atoms with E-state index in [2.05, 4.69) is 11.0 Å². The van der Waals surface area contributed by atoms with Crippen molar-refractivity contribution in [1.29, 1.82) is 0 Å². The van der Waals surface area contributed by atoms with Crippen LogP contribution in [0.4, 0.5) is 0 Å². The third-order valence-corrected chi connectivity index (χ3v) is 6.30. The van der Waals surface area contributed by atoms with Crippen LogP contribution in [0.1, 0.15) is 20.8 Å². The van der Waals surface area contributed by atoms with Crippen LogP contribution >= 0.6 is 0 Å². The third kappa shape index (κ3) is 8.18. The molecule has 130 valence electrons. The maximum atomic E-state index is 10.2. The Hall–Kier alpha value is -0.556. The lowest BCUT2D eigenvalue weighted by Crippen LogP contribution is -2.47. The molecule has 1 fully saturated rings. The molecule has 0 amide bonds. The van der Waals surface area contributed by atoms with Crippen molar-refractivity contribution in [1.82, 2.24) is 0 Å². The summed E-state index contributed by atoms with van der Waals surface area (Å²) < 4.78 is 31.0. The molecule has 1 unspecified atom stereocenters. The first-order chi connectivity index (χ1) is 10.3. The van der Waals surface area contributed by atoms with Gasteiger partial charge in [0.05, 0.1) is 13.2 Å². The molecule has 7 nitrogen and oxygen atoms in total. The van der Waals surface area contributed by atoms with Gasteiger partial charge in [-0.3, -0.25) is 0 Å². The first kappa shape index (κ1) is 21.4. The van der Waals surface area contributed by atoms with E-state index in [4.69, 9.17) is 22.8 Å². The minimum Gasteiger partial charge on any atom is -0.526 e. The van der Waals surface area contributed by atoms with Gasteiger partial charge in [0.15, 0.2) is 0 Å². The molecule has 0 spiro atoms. The summed E-state index contributed by atoms with van der Waals surface area (Å²) in [5.74, 6) is -0.285. The Morgan fingerprint density at radius 3 is 2.23 bits per heavy atom. The molecule has 1 aliphatic rings. The molecule has 0 saturated carbocycles. The molecule has 0 aromatic heterocycles. The van der Waals surface area contributed by atoms with Gasteiger partial charge in [0.25, 0.3) is 0 Å². The molecule has 1 aliphatic heterocycles. The van der Waals surface area contributed by atoms with Gasteiger partial charge < -0.3 is 27.2 Å². The van der Waals surface area contributed by atoms with Gasteiger partial charge in [0.1, 0.15) is 12.9 Å². The highest BCUT2D eigenvalue weighted by molar-refractivity contribution is 6.62. The van der Waals surface area contributed by atoms with E-state index < -0.39 is 8.80 Å². The highest BCUT2D eigenvalue weighted by Crippen LogP contribution is 2.23. The molecule has 1 rings (SSSR count). The zero-order chi connectivity index (χ0) is 17.2. The monoisotopic (exact) mass is 352 g/mol. The number of carbonyl (C=O) groups excluding carboxylic acids is 1. The predicted octanol–water partition coefficient (Wildman–Crippen LogP) is 0.404. The minimum atomic E-state index is -2.54. The molecular formula is C13H28O7Si2. The van der Waals surface area contributed by atoms with Gasteiger partial charge in [-0.15, -0.1) is 0 Å². The summed E-state index contributed by atoms with van der Waals surface area (Å²) in [4.78, 5) is 10.2. The number of epoxide rings is 1. The lowest BCUT2D eigenvalue weighted by Gasteiger charge is -2.29. The third-order valence-electron chi connectivity index (χ3n) is 2.86. The zero-order valence-corrected chi connectivity index (χ0v) is 17.3. The second-order valence-electron chi connectivity index (χ2n) is 5.03. The molecule has 0 aromatic rings. The Morgan fingerprint density at radius 1 is 1.41 bits per heavy atom. The van der Waals surface area contributed by atoms with Crippen molar-refractivity contribution in [2.45, 2.75) is 32.4 Å². The van der Waals surface area contributed by atoms with Gasteiger partial charge in [0, 0.05) is 25.3 Å². The molecule has 1 saturated heterocycles. The van der Waals surface area contributed by atoms with Crippen molar-refractivity contribution in [3.05, 3.63) is 12.2 Å². The summed E-state index contributed by atoms with van der Waals surface area (Å²) in [5, 5.41) is 0. The van der Waals surface area contributed by atoms with Gasteiger partial charge >= 0.3 is 14.8 Å². The van der Waals surface area contributed by atoms with Gasteiger partial charge in [-0.1, -0.05) is 20.4 Å². The van der Waals surface area contributed by atoms with Gasteiger partial charge in [-0.2, -0.15) is 0 Å². The highest BCUT2D eigenvalue weighted by atomic mass is 28.4. The normalized spacial score (nSPS) is 16.9. The Balaban J connectivity index is 0.000000534. The van der Waals surface area contributed by atoms with Crippen LogP contribution in [0.5, 0.6) is 0 Å². The topological polar surface area (TPSA) is 75.8 Å². The molecule has 0 aliphatic carbocycles. The fourth-order valence-electron chi connectivity index (χ4n) is 1.48. The van der Waals surface area contributed by atoms with E-state index in [0.29, 0.717) is 22.7 Å². The molecule has 22 heavy (non-hydrogen) atoms. The van der Waals surface area contributed by atoms with Crippen molar-refractivity contribution in [2.75, 3.05) is 34.2 Å². The second-order valence-corrected chi connectivity index (χ2v) is 8.90.